The zero-order chi connectivity index (χ0) is 23.0. The van der Waals surface area contributed by atoms with Crippen molar-refractivity contribution >= 4 is 46.8 Å². The van der Waals surface area contributed by atoms with Crippen molar-refractivity contribution in [3.63, 3.8) is 0 Å². The van der Waals surface area contributed by atoms with Crippen LogP contribution in [0.5, 0.6) is 0 Å². The summed E-state index contributed by atoms with van der Waals surface area (Å²) in [5.41, 5.74) is 7.35. The van der Waals surface area contributed by atoms with E-state index >= 15 is 0 Å². The van der Waals surface area contributed by atoms with Gasteiger partial charge in [0.2, 0.25) is 17.5 Å². The Morgan fingerprint density at radius 1 is 1.09 bits per heavy atom. The zero-order valence-corrected chi connectivity index (χ0v) is 18.7. The predicted molar refractivity (Wildman–Crippen MR) is 120 cm³/mol. The highest BCUT2D eigenvalue weighted by molar-refractivity contribution is 8.02. The van der Waals surface area contributed by atoms with Crippen molar-refractivity contribution in [2.45, 2.75) is 35.2 Å². The summed E-state index contributed by atoms with van der Waals surface area (Å²) in [4.78, 5) is 52.3. The Balaban J connectivity index is 1.70. The monoisotopic (exact) mass is 472 g/mol. The van der Waals surface area contributed by atoms with Gasteiger partial charge in [-0.3, -0.25) is 14.4 Å². The lowest BCUT2D eigenvalue weighted by Crippen LogP contribution is -2.69. The van der Waals surface area contributed by atoms with Crippen LogP contribution in [0.4, 0.5) is 0 Å². The molecular weight excluding hydrogens is 452 g/mol. The molecule has 2 aliphatic heterocycles. The number of fused-ring (bicyclic) bond motifs is 1. The smallest absolute Gasteiger partial charge is 0.331 e. The molecule has 1 amide bonds. The zero-order valence-electron chi connectivity index (χ0n) is 17.1. The summed E-state index contributed by atoms with van der Waals surface area (Å²) < 4.78 is 4.37. The van der Waals surface area contributed by atoms with E-state index in [4.69, 9.17) is 22.1 Å². The number of halogens is 1. The number of nitrogens with zero attached hydrogens (tertiary/aromatic N) is 1. The lowest BCUT2D eigenvalue weighted by molar-refractivity contribution is -0.166. The molecule has 9 heteroatoms. The standard InChI is InChI=1S/C23H21ClN2O5S/c1-23(19(28)15(27)12-24)18(26-20(29)16(25)21(26)32-23)22(30)31-17(13-8-4-2-5-9-13)14-10-6-3-7-11-14/h2-11,16-18,21H,12,25H2,1H3/t16-,18+,21?,23-/m1/s1. The molecule has 7 nitrogen and oxygen atoms in total. The van der Waals surface area contributed by atoms with Crippen molar-refractivity contribution in [2.75, 3.05) is 5.88 Å². The number of alkyl halides is 1. The van der Waals surface area contributed by atoms with Gasteiger partial charge < -0.3 is 15.4 Å². The summed E-state index contributed by atoms with van der Waals surface area (Å²) >= 11 is 6.64. The molecule has 2 heterocycles. The van der Waals surface area contributed by atoms with Gasteiger partial charge in [-0.1, -0.05) is 60.7 Å². The third kappa shape index (κ3) is 3.62. The van der Waals surface area contributed by atoms with Gasteiger partial charge in [-0.15, -0.1) is 23.4 Å². The van der Waals surface area contributed by atoms with Gasteiger partial charge in [0, 0.05) is 0 Å². The minimum absolute atomic E-state index is 0.463. The number of rotatable bonds is 7. The van der Waals surface area contributed by atoms with Crippen molar-refractivity contribution in [1.82, 2.24) is 4.90 Å². The van der Waals surface area contributed by atoms with E-state index in [2.05, 4.69) is 0 Å². The van der Waals surface area contributed by atoms with Crippen molar-refractivity contribution in [3.05, 3.63) is 71.8 Å². The Bertz CT molecular complexity index is 1030. The summed E-state index contributed by atoms with van der Waals surface area (Å²) in [6, 6.07) is 16.1. The number of amides is 1. The van der Waals surface area contributed by atoms with E-state index in [-0.39, 0.29) is 0 Å². The van der Waals surface area contributed by atoms with E-state index in [1.54, 1.807) is 0 Å². The van der Waals surface area contributed by atoms with E-state index in [9.17, 15) is 19.2 Å². The molecule has 0 bridgehead atoms. The van der Waals surface area contributed by atoms with E-state index in [1.807, 2.05) is 60.7 Å². The number of thioether (sulfide) groups is 1. The number of carbonyl (C=O) groups excluding carboxylic acids is 4. The Hall–Kier alpha value is -2.68. The maximum atomic E-state index is 13.5. The van der Waals surface area contributed by atoms with Gasteiger partial charge in [0.15, 0.2) is 12.1 Å². The van der Waals surface area contributed by atoms with Gasteiger partial charge in [-0.05, 0) is 18.1 Å². The lowest BCUT2D eigenvalue weighted by Gasteiger charge is -2.42. The molecule has 0 aliphatic carbocycles. The second kappa shape index (κ2) is 8.69. The summed E-state index contributed by atoms with van der Waals surface area (Å²) in [6.07, 6.45) is -0.762. The number of hydrogen-bond donors (Lipinski definition) is 1. The number of ketones is 2. The van der Waals surface area contributed by atoms with Gasteiger partial charge >= 0.3 is 5.97 Å². The highest BCUT2D eigenvalue weighted by atomic mass is 35.5. The Labute approximate surface area is 194 Å². The van der Waals surface area contributed by atoms with Crippen molar-refractivity contribution < 1.29 is 23.9 Å². The fraction of sp³-hybridized carbons (Fsp3) is 0.304. The van der Waals surface area contributed by atoms with Crippen LogP contribution in [0, 0.1) is 0 Å². The van der Waals surface area contributed by atoms with E-state index in [0.717, 1.165) is 22.9 Å². The maximum Gasteiger partial charge on any atom is 0.331 e. The summed E-state index contributed by atoms with van der Waals surface area (Å²) in [6.45, 7) is 1.47. The molecule has 0 radical (unpaired) electrons. The quantitative estimate of drug-likeness (QED) is 0.284. The van der Waals surface area contributed by atoms with Crippen LogP contribution in [0.3, 0.4) is 0 Å². The first-order valence-electron chi connectivity index (χ1n) is 9.99. The highest BCUT2D eigenvalue weighted by Gasteiger charge is 2.68. The SMILES string of the molecule is C[C@@]1(C(=O)C(=O)CCl)SC2[C@H](N)C(=O)N2[C@H]1C(=O)OC(c1ccccc1)c1ccccc1. The van der Waals surface area contributed by atoms with E-state index < -0.39 is 57.6 Å². The molecule has 2 aromatic carbocycles. The number of nitrogens with two attached hydrogens (primary N) is 1. The first-order chi connectivity index (χ1) is 15.3. The molecule has 2 saturated heterocycles. The van der Waals surface area contributed by atoms with Gasteiger partial charge in [-0.2, -0.15) is 0 Å². The number of β-lactam (4-membered cyclic amide) rings is 1. The second-order valence-corrected chi connectivity index (χ2v) is 9.65. The summed E-state index contributed by atoms with van der Waals surface area (Å²) in [5, 5.41) is -0.593. The van der Waals surface area contributed by atoms with Crippen molar-refractivity contribution in [3.8, 4) is 0 Å². The molecule has 32 heavy (non-hydrogen) atoms. The number of Topliss-reactive ketones (excluding diaryl/α,β-unsaturated/α-hetero) is 2. The maximum absolute atomic E-state index is 13.5. The number of ether oxygens (including phenoxy) is 1. The van der Waals surface area contributed by atoms with Crippen LogP contribution in [0.2, 0.25) is 0 Å². The second-order valence-electron chi connectivity index (χ2n) is 7.81. The van der Waals surface area contributed by atoms with Crippen LogP contribution in [0.15, 0.2) is 60.7 Å². The van der Waals surface area contributed by atoms with Gasteiger partial charge in [0.1, 0.15) is 16.2 Å². The molecule has 4 atom stereocenters. The van der Waals surface area contributed by atoms with Crippen LogP contribution in [0.1, 0.15) is 24.2 Å². The van der Waals surface area contributed by atoms with Crippen LogP contribution in [-0.2, 0) is 23.9 Å². The molecule has 166 valence electrons. The van der Waals surface area contributed by atoms with Crippen LogP contribution in [0.25, 0.3) is 0 Å². The Kier molecular flexibility index (Phi) is 6.11. The molecular formula is C23H21ClN2O5S. The number of carbonyl (C=O) groups is 4. The fourth-order valence-electron chi connectivity index (χ4n) is 4.11. The summed E-state index contributed by atoms with van der Waals surface area (Å²) in [5.74, 6) is -3.42. The van der Waals surface area contributed by atoms with Crippen molar-refractivity contribution in [1.29, 1.82) is 0 Å². The van der Waals surface area contributed by atoms with Gasteiger partial charge in [0.05, 0.1) is 5.88 Å². The number of esters is 1. The average molecular weight is 473 g/mol. The predicted octanol–water partition coefficient (Wildman–Crippen LogP) is 2.07. The molecule has 2 aliphatic rings. The topological polar surface area (TPSA) is 107 Å². The molecule has 0 aromatic heterocycles. The minimum Gasteiger partial charge on any atom is -0.451 e. The molecule has 4 rings (SSSR count). The van der Waals surface area contributed by atoms with E-state index in [1.165, 1.54) is 11.8 Å². The largest absolute Gasteiger partial charge is 0.451 e. The van der Waals surface area contributed by atoms with Crippen LogP contribution in [-0.4, -0.2) is 56.4 Å². The van der Waals surface area contributed by atoms with Gasteiger partial charge in [0.25, 0.3) is 0 Å². The Morgan fingerprint density at radius 3 is 2.12 bits per heavy atom. The molecule has 2 fully saturated rings. The van der Waals surface area contributed by atoms with Gasteiger partial charge in [-0.25, -0.2) is 4.79 Å². The van der Waals surface area contributed by atoms with Crippen molar-refractivity contribution in [2.24, 2.45) is 5.73 Å². The molecule has 2 N–H and O–H groups in total. The molecule has 1 unspecified atom stereocenters. The number of benzene rings is 2. The first-order valence-corrected chi connectivity index (χ1v) is 11.4. The van der Waals surface area contributed by atoms with E-state index in [0.29, 0.717) is 0 Å². The Morgan fingerprint density at radius 2 is 1.62 bits per heavy atom. The molecule has 0 saturated carbocycles. The van der Waals surface area contributed by atoms with Crippen LogP contribution >= 0.6 is 23.4 Å². The third-order valence-electron chi connectivity index (χ3n) is 5.77. The molecule has 2 aromatic rings. The first kappa shape index (κ1) is 22.5. The normalized spacial score (nSPS) is 26.4. The molecule has 0 spiro atoms. The van der Waals surface area contributed by atoms with Crippen LogP contribution < -0.4 is 5.73 Å². The third-order valence-corrected chi connectivity index (χ3v) is 7.68. The average Bonchev–Trinajstić information content (AvgIpc) is 3.13. The number of hydrogen-bond acceptors (Lipinski definition) is 7. The highest BCUT2D eigenvalue weighted by Crippen LogP contribution is 2.51. The minimum atomic E-state index is -1.55. The summed E-state index contributed by atoms with van der Waals surface area (Å²) in [7, 11) is 0. The lowest BCUT2D eigenvalue weighted by atomic mass is 9.89. The fourth-order valence-corrected chi connectivity index (χ4v) is 5.90.